The molecule has 1 saturated heterocycles. The monoisotopic (exact) mass is 985 g/mol. The molecule has 1 amide bonds. The minimum absolute atomic E-state index is 0.00561. The summed E-state index contributed by atoms with van der Waals surface area (Å²) in [6.45, 7) is 19.2. The molecule has 1 aliphatic heterocycles. The number of hydrogen-bond donors (Lipinski definition) is 3. The molecule has 4 N–H and O–H groups in total. The minimum atomic E-state index is -1.62. The van der Waals surface area contributed by atoms with E-state index in [1.165, 1.54) is 18.9 Å². The number of aliphatic hydroxyl groups excluding tert-OH is 1. The third-order valence-electron chi connectivity index (χ3n) is 15.4. The zero-order valence-electron chi connectivity index (χ0n) is 45.1. The fourth-order valence-corrected chi connectivity index (χ4v) is 10.0. The molecule has 3 aliphatic rings. The van der Waals surface area contributed by atoms with E-state index in [1.54, 1.807) is 34.1 Å². The van der Waals surface area contributed by atoms with Crippen molar-refractivity contribution in [1.29, 1.82) is 0 Å². The van der Waals surface area contributed by atoms with Crippen LogP contribution in [-0.2, 0) is 47.7 Å². The number of ketones is 4. The van der Waals surface area contributed by atoms with Crippen molar-refractivity contribution in [2.45, 2.75) is 195 Å². The molecule has 1 heterocycles. The van der Waals surface area contributed by atoms with Crippen molar-refractivity contribution < 1.29 is 57.9 Å². The number of carbonyl (C=O) groups excluding carboxylic acids is 6. The van der Waals surface area contributed by atoms with Crippen LogP contribution < -0.4 is 5.73 Å². The van der Waals surface area contributed by atoms with Gasteiger partial charge in [0.25, 0.3) is 11.7 Å². The highest BCUT2D eigenvalue weighted by Crippen LogP contribution is 2.37. The van der Waals surface area contributed by atoms with Gasteiger partial charge < -0.3 is 39.8 Å². The van der Waals surface area contributed by atoms with Crippen LogP contribution in [0.15, 0.2) is 47.6 Å². The van der Waals surface area contributed by atoms with Gasteiger partial charge in [0.1, 0.15) is 29.7 Å². The highest BCUT2D eigenvalue weighted by molar-refractivity contribution is 6.39. The summed E-state index contributed by atoms with van der Waals surface area (Å²) in [6, 6.07) is -0.599. The van der Waals surface area contributed by atoms with Gasteiger partial charge in [-0.05, 0) is 133 Å². The van der Waals surface area contributed by atoms with Crippen molar-refractivity contribution in [1.82, 2.24) is 4.90 Å². The Labute approximate surface area is 420 Å². The molecule has 0 aromatic rings. The van der Waals surface area contributed by atoms with E-state index in [1.807, 2.05) is 52.0 Å². The third-order valence-corrected chi connectivity index (χ3v) is 15.4. The highest BCUT2D eigenvalue weighted by Gasteiger charge is 2.49. The molecule has 0 aromatic carbocycles. The number of likely N-dealkylation sites (tertiary alicyclic amines) is 1. The van der Waals surface area contributed by atoms with E-state index in [0.29, 0.717) is 43.7 Å². The van der Waals surface area contributed by atoms with Crippen LogP contribution in [0.25, 0.3) is 0 Å². The van der Waals surface area contributed by atoms with Crippen LogP contribution in [-0.4, -0.2) is 127 Å². The van der Waals surface area contributed by atoms with Crippen LogP contribution in [0.2, 0.25) is 0 Å². The number of aliphatic hydroxyl groups is 2. The Balaban J connectivity index is 0.000000495. The SMILES string of the molecule is CO[C@@H](C)/C(C)=C/C=C/C=C/[C@@H](C)CC(C)C(=O)[C@H](OC)C(O)/C(C)=C/C(C)C(C)=O.CO[C@@H]1CC(CC(C)C(C)CC(=O)C2CCCCN2C(=O)C(=O)C2(O)CCCCC2C)CCC1OC(=O)CN. The lowest BCUT2D eigenvalue weighted by atomic mass is 9.73. The lowest BCUT2D eigenvalue weighted by Crippen LogP contribution is -2.58. The molecule has 14 nitrogen and oxygen atoms in total. The lowest BCUT2D eigenvalue weighted by molar-refractivity contribution is -0.163. The molecular weight excluding hydrogens is 893 g/mol. The van der Waals surface area contributed by atoms with Crippen molar-refractivity contribution in [2.24, 2.45) is 47.2 Å². The lowest BCUT2D eigenvalue weighted by Gasteiger charge is -2.40. The van der Waals surface area contributed by atoms with Crippen molar-refractivity contribution in [2.75, 3.05) is 34.4 Å². The molecule has 3 rings (SSSR count). The Bertz CT molecular complexity index is 1820. The van der Waals surface area contributed by atoms with Gasteiger partial charge in [-0.15, -0.1) is 0 Å². The number of methoxy groups -OCH3 is 3. The molecule has 70 heavy (non-hydrogen) atoms. The molecule has 10 unspecified atom stereocenters. The Morgan fingerprint density at radius 2 is 1.49 bits per heavy atom. The molecule has 14 heteroatoms. The summed E-state index contributed by atoms with van der Waals surface area (Å²) in [7, 11) is 4.75. The minimum Gasteiger partial charge on any atom is -0.459 e. The van der Waals surface area contributed by atoms with E-state index in [-0.39, 0.29) is 77.7 Å². The average molecular weight is 985 g/mol. The molecule has 2 aliphatic carbocycles. The number of esters is 1. The first kappa shape index (κ1) is 62.5. The number of amides is 1. The molecule has 398 valence electrons. The van der Waals surface area contributed by atoms with Crippen LogP contribution in [0.5, 0.6) is 0 Å². The zero-order chi connectivity index (χ0) is 52.9. The predicted octanol–water partition coefficient (Wildman–Crippen LogP) is 8.04. The summed E-state index contributed by atoms with van der Waals surface area (Å²) >= 11 is 0. The average Bonchev–Trinajstić information content (AvgIpc) is 3.34. The molecule has 0 radical (unpaired) electrons. The van der Waals surface area contributed by atoms with Crippen LogP contribution in [0.3, 0.4) is 0 Å². The van der Waals surface area contributed by atoms with E-state index in [4.69, 9.17) is 24.7 Å². The zero-order valence-corrected chi connectivity index (χ0v) is 45.1. The number of nitrogens with two attached hydrogens (primary N) is 1. The highest BCUT2D eigenvalue weighted by atomic mass is 16.6. The van der Waals surface area contributed by atoms with Crippen LogP contribution >= 0.6 is 0 Å². The van der Waals surface area contributed by atoms with Crippen molar-refractivity contribution in [3.8, 4) is 0 Å². The molecule has 14 atom stereocenters. The summed E-state index contributed by atoms with van der Waals surface area (Å²) in [5.74, 6) is -1.83. The molecule has 0 bridgehead atoms. The second kappa shape index (κ2) is 31.0. The number of hydrogen-bond acceptors (Lipinski definition) is 13. The molecule has 3 fully saturated rings. The van der Waals surface area contributed by atoms with Gasteiger partial charge in [0.05, 0.1) is 24.8 Å². The second-order valence-corrected chi connectivity index (χ2v) is 20.9. The third kappa shape index (κ3) is 19.1. The Morgan fingerprint density at radius 1 is 0.814 bits per heavy atom. The Kier molecular flexibility index (Phi) is 27.7. The van der Waals surface area contributed by atoms with E-state index in [0.717, 1.165) is 63.4 Å². The first-order chi connectivity index (χ1) is 33.0. The molecular formula is C56H92N2O12. The van der Waals surface area contributed by atoms with Gasteiger partial charge in [-0.1, -0.05) is 90.8 Å². The van der Waals surface area contributed by atoms with Crippen LogP contribution in [0.1, 0.15) is 153 Å². The van der Waals surface area contributed by atoms with Crippen molar-refractivity contribution >= 4 is 35.0 Å². The first-order valence-corrected chi connectivity index (χ1v) is 26.0. The number of piperidine rings is 1. The van der Waals surface area contributed by atoms with Gasteiger partial charge in [0.2, 0.25) is 0 Å². The van der Waals surface area contributed by atoms with Crippen LogP contribution in [0, 0.1) is 41.4 Å². The number of allylic oxidation sites excluding steroid dienone is 6. The Morgan fingerprint density at radius 3 is 2.09 bits per heavy atom. The van der Waals surface area contributed by atoms with E-state index < -0.39 is 41.5 Å². The predicted molar refractivity (Wildman–Crippen MR) is 273 cm³/mol. The van der Waals surface area contributed by atoms with Crippen LogP contribution in [0.4, 0.5) is 0 Å². The quantitative estimate of drug-likeness (QED) is 0.0343. The standard InChI is InChI=1S/C30H50N2O7.C26H42O5/c1-19(15-22-11-12-25(26(17-22)38-4)39-27(34)18-31)20(2)16-24(33)23-10-6-8-14-32(23)29(36)28(35)30(37)13-7-5-9-21(30)3;1-17(13-11-10-12-14-18(2)23(7)30-8)15-20(4)24(28)26(31-9)25(29)21(5)16-19(3)22(6)27/h19-23,25-26,37H,5-18,31H2,1-4H3;10-14,16-17,19-20,23,25-26,29H,15H2,1-9H3/b;12-10+,13-11+,18-14+,21-16+/t19?,20?,21?,22?,23?,25?,26-,30?;17-,19?,20?,23+,25?,26+/m11/s1. The molecule has 0 aromatic heterocycles. The number of carbonyl (C=O) groups is 6. The number of ether oxygens (including phenoxy) is 4. The van der Waals surface area contributed by atoms with Gasteiger partial charge in [0.15, 0.2) is 11.6 Å². The fourth-order valence-electron chi connectivity index (χ4n) is 10.0. The topological polar surface area (TPSA) is 209 Å². The number of Topliss-reactive ketones (excluding diaryl/α,β-unsaturated/α-hetero) is 4. The summed E-state index contributed by atoms with van der Waals surface area (Å²) in [4.78, 5) is 77.5. The van der Waals surface area contributed by atoms with Gasteiger partial charge in [-0.25, -0.2) is 0 Å². The van der Waals surface area contributed by atoms with Gasteiger partial charge in [-0.2, -0.15) is 0 Å². The van der Waals surface area contributed by atoms with Crippen molar-refractivity contribution in [3.05, 3.63) is 47.6 Å². The first-order valence-electron chi connectivity index (χ1n) is 26.0. The van der Waals surface area contributed by atoms with E-state index in [9.17, 15) is 39.0 Å². The molecule has 0 spiro atoms. The number of rotatable bonds is 25. The maximum Gasteiger partial charge on any atom is 0.320 e. The maximum absolute atomic E-state index is 13.5. The van der Waals surface area contributed by atoms with Gasteiger partial charge in [0, 0.05) is 46.1 Å². The Hall–Kier alpha value is -3.66. The summed E-state index contributed by atoms with van der Waals surface area (Å²) in [5, 5.41) is 21.7. The van der Waals surface area contributed by atoms with Gasteiger partial charge in [-0.3, -0.25) is 28.8 Å². The summed E-state index contributed by atoms with van der Waals surface area (Å²) in [5.41, 5.74) is 5.48. The largest absolute Gasteiger partial charge is 0.459 e. The number of nitrogens with zero attached hydrogens (tertiary/aromatic N) is 1. The van der Waals surface area contributed by atoms with Crippen molar-refractivity contribution in [3.63, 3.8) is 0 Å². The summed E-state index contributed by atoms with van der Waals surface area (Å²) < 4.78 is 21.7. The van der Waals surface area contributed by atoms with E-state index in [2.05, 4.69) is 26.8 Å². The normalized spacial score (nSPS) is 27.0. The van der Waals surface area contributed by atoms with Gasteiger partial charge >= 0.3 is 5.97 Å². The maximum atomic E-state index is 13.5. The fraction of sp³-hybridized carbons (Fsp3) is 0.750. The second-order valence-electron chi connectivity index (χ2n) is 20.9. The smallest absolute Gasteiger partial charge is 0.320 e. The van der Waals surface area contributed by atoms with E-state index >= 15 is 0 Å². The molecule has 2 saturated carbocycles. The summed E-state index contributed by atoms with van der Waals surface area (Å²) in [6.07, 6.45) is 18.5.